The van der Waals surface area contributed by atoms with Gasteiger partial charge in [0.15, 0.2) is 0 Å². The van der Waals surface area contributed by atoms with Gasteiger partial charge < -0.3 is 5.11 Å². The Morgan fingerprint density at radius 2 is 2.06 bits per heavy atom. The first-order chi connectivity index (χ1) is 8.28. The van der Waals surface area contributed by atoms with Crippen LogP contribution < -0.4 is 0 Å². The Balaban J connectivity index is 1.70. The molecule has 0 bridgehead atoms. The van der Waals surface area contributed by atoms with E-state index in [9.17, 15) is 5.11 Å². The van der Waals surface area contributed by atoms with Gasteiger partial charge in [-0.1, -0.05) is 19.8 Å². The fraction of sp³-hybridized carbons (Fsp3) is 0.714. The Morgan fingerprint density at radius 3 is 2.71 bits per heavy atom. The molecule has 1 aliphatic rings. The van der Waals surface area contributed by atoms with Crippen molar-refractivity contribution in [2.75, 3.05) is 5.75 Å². The molecule has 0 spiro atoms. The van der Waals surface area contributed by atoms with Gasteiger partial charge in [-0.05, 0) is 31.4 Å². The predicted molar refractivity (Wildman–Crippen MR) is 78.1 cm³/mol. The average Bonchev–Trinajstić information content (AvgIpc) is 2.97. The van der Waals surface area contributed by atoms with Crippen LogP contribution in [0.5, 0.6) is 0 Å². The van der Waals surface area contributed by atoms with E-state index in [0.29, 0.717) is 0 Å². The van der Waals surface area contributed by atoms with Crippen LogP contribution in [0.4, 0.5) is 0 Å². The van der Waals surface area contributed by atoms with Crippen LogP contribution in [0, 0.1) is 0 Å². The first-order valence-corrected chi connectivity index (χ1v) is 8.51. The molecule has 1 aliphatic carbocycles. The minimum absolute atomic E-state index is 0.163. The first kappa shape index (κ1) is 13.4. The van der Waals surface area contributed by atoms with E-state index in [4.69, 9.17) is 0 Å². The molecule has 0 radical (unpaired) electrons. The van der Waals surface area contributed by atoms with Crippen LogP contribution in [0.1, 0.15) is 42.4 Å². The lowest BCUT2D eigenvalue weighted by atomic mass is 10.2. The number of hydrogen-bond donors (Lipinski definition) is 1. The molecule has 3 heteroatoms. The molecule has 17 heavy (non-hydrogen) atoms. The highest BCUT2D eigenvalue weighted by molar-refractivity contribution is 7.99. The summed E-state index contributed by atoms with van der Waals surface area (Å²) in [4.78, 5) is 2.76. The van der Waals surface area contributed by atoms with E-state index in [1.165, 1.54) is 35.4 Å². The van der Waals surface area contributed by atoms with Crippen molar-refractivity contribution >= 4 is 23.1 Å². The number of aliphatic hydroxyl groups excluding tert-OH is 1. The highest BCUT2D eigenvalue weighted by atomic mass is 32.2. The molecule has 1 aromatic heterocycles. The number of aliphatic hydroxyl groups is 1. The molecule has 0 amide bonds. The van der Waals surface area contributed by atoms with Crippen molar-refractivity contribution in [3.8, 4) is 0 Å². The lowest BCUT2D eigenvalue weighted by Crippen LogP contribution is -2.14. The van der Waals surface area contributed by atoms with Crippen molar-refractivity contribution in [3.05, 3.63) is 21.9 Å². The topological polar surface area (TPSA) is 20.2 Å². The summed E-state index contributed by atoms with van der Waals surface area (Å²) in [6.07, 6.45) is 7.27. The second-order valence-corrected chi connectivity index (χ2v) is 7.41. The van der Waals surface area contributed by atoms with Crippen LogP contribution in [0.2, 0.25) is 0 Å². The summed E-state index contributed by atoms with van der Waals surface area (Å²) in [7, 11) is 0. The van der Waals surface area contributed by atoms with Gasteiger partial charge in [0, 0.05) is 27.2 Å². The lowest BCUT2D eigenvalue weighted by molar-refractivity contribution is 0.201. The molecule has 1 nitrogen and oxygen atoms in total. The second-order valence-electron chi connectivity index (χ2n) is 4.82. The van der Waals surface area contributed by atoms with Crippen molar-refractivity contribution < 1.29 is 5.11 Å². The highest BCUT2D eigenvalue weighted by Crippen LogP contribution is 2.30. The molecule has 96 valence electrons. The molecule has 1 fully saturated rings. The molecule has 1 unspecified atom stereocenters. The van der Waals surface area contributed by atoms with E-state index in [1.54, 1.807) is 0 Å². The van der Waals surface area contributed by atoms with Gasteiger partial charge in [-0.3, -0.25) is 0 Å². The van der Waals surface area contributed by atoms with Gasteiger partial charge in [-0.15, -0.1) is 11.3 Å². The molecule has 0 aromatic carbocycles. The standard InChI is InChI=1S/C14H22OS2/c1-2-12-7-8-14(17-12)9-11(15)10-16-13-5-3-4-6-13/h7-8,11,13,15H,2-6,9-10H2,1H3. The van der Waals surface area contributed by atoms with Crippen molar-refractivity contribution in [2.45, 2.75) is 56.8 Å². The van der Waals surface area contributed by atoms with Crippen molar-refractivity contribution in [1.82, 2.24) is 0 Å². The van der Waals surface area contributed by atoms with Crippen LogP contribution in [0.25, 0.3) is 0 Å². The molecular formula is C14H22OS2. The third kappa shape index (κ3) is 4.31. The number of aryl methyl sites for hydroxylation is 1. The lowest BCUT2D eigenvalue weighted by Gasteiger charge is -2.12. The Hall–Kier alpha value is 0.01000. The van der Waals surface area contributed by atoms with E-state index < -0.39 is 0 Å². The van der Waals surface area contributed by atoms with Gasteiger partial charge in [0.05, 0.1) is 6.10 Å². The van der Waals surface area contributed by atoms with Crippen LogP contribution in [0.3, 0.4) is 0 Å². The summed E-state index contributed by atoms with van der Waals surface area (Å²) in [6, 6.07) is 4.36. The molecule has 0 aliphatic heterocycles. The zero-order chi connectivity index (χ0) is 12.1. The smallest absolute Gasteiger partial charge is 0.0678 e. The first-order valence-electron chi connectivity index (χ1n) is 6.65. The third-order valence-electron chi connectivity index (χ3n) is 3.33. The Labute approximate surface area is 113 Å². The minimum Gasteiger partial charge on any atom is -0.392 e. The number of rotatable bonds is 6. The van der Waals surface area contributed by atoms with Gasteiger partial charge in [0.25, 0.3) is 0 Å². The Morgan fingerprint density at radius 1 is 1.35 bits per heavy atom. The van der Waals surface area contributed by atoms with E-state index in [1.807, 2.05) is 23.1 Å². The van der Waals surface area contributed by atoms with E-state index in [-0.39, 0.29) is 6.10 Å². The maximum atomic E-state index is 10.0. The Bertz CT molecular complexity index is 329. The van der Waals surface area contributed by atoms with Gasteiger partial charge in [-0.2, -0.15) is 11.8 Å². The van der Waals surface area contributed by atoms with Crippen LogP contribution in [-0.4, -0.2) is 22.2 Å². The van der Waals surface area contributed by atoms with Crippen LogP contribution >= 0.6 is 23.1 Å². The second kappa shape index (κ2) is 6.81. The molecule has 1 aromatic rings. The maximum absolute atomic E-state index is 10.0. The summed E-state index contributed by atoms with van der Waals surface area (Å²) in [5.41, 5.74) is 0. The van der Waals surface area contributed by atoms with E-state index in [2.05, 4.69) is 19.1 Å². The number of thiophene rings is 1. The van der Waals surface area contributed by atoms with Gasteiger partial charge in [-0.25, -0.2) is 0 Å². The minimum atomic E-state index is -0.163. The fourth-order valence-electron chi connectivity index (χ4n) is 2.32. The SMILES string of the molecule is CCc1ccc(CC(O)CSC2CCCC2)s1. The summed E-state index contributed by atoms with van der Waals surface area (Å²) >= 11 is 3.83. The zero-order valence-electron chi connectivity index (χ0n) is 10.5. The summed E-state index contributed by atoms with van der Waals surface area (Å²) in [5.74, 6) is 0.907. The van der Waals surface area contributed by atoms with Gasteiger partial charge >= 0.3 is 0 Å². The molecule has 1 heterocycles. The summed E-state index contributed by atoms with van der Waals surface area (Å²) in [5, 5.41) is 10.8. The third-order valence-corrected chi connectivity index (χ3v) is 6.10. The molecule has 1 atom stereocenters. The summed E-state index contributed by atoms with van der Waals surface area (Å²) < 4.78 is 0. The van der Waals surface area contributed by atoms with E-state index >= 15 is 0 Å². The normalized spacial score (nSPS) is 18.7. The fourth-order valence-corrected chi connectivity index (χ4v) is 4.62. The van der Waals surface area contributed by atoms with E-state index in [0.717, 1.165) is 23.8 Å². The number of thioether (sulfide) groups is 1. The van der Waals surface area contributed by atoms with Gasteiger partial charge in [0.1, 0.15) is 0 Å². The molecule has 1 N–H and O–H groups in total. The van der Waals surface area contributed by atoms with Crippen LogP contribution in [-0.2, 0) is 12.8 Å². The number of hydrogen-bond acceptors (Lipinski definition) is 3. The quantitative estimate of drug-likeness (QED) is 0.846. The van der Waals surface area contributed by atoms with Crippen molar-refractivity contribution in [2.24, 2.45) is 0 Å². The average molecular weight is 270 g/mol. The molecule has 1 saturated carbocycles. The van der Waals surface area contributed by atoms with Gasteiger partial charge in [0.2, 0.25) is 0 Å². The molecule has 2 rings (SSSR count). The highest BCUT2D eigenvalue weighted by Gasteiger charge is 2.17. The maximum Gasteiger partial charge on any atom is 0.0678 e. The largest absolute Gasteiger partial charge is 0.392 e. The predicted octanol–water partition coefficient (Wildman–Crippen LogP) is 3.89. The van der Waals surface area contributed by atoms with Crippen molar-refractivity contribution in [3.63, 3.8) is 0 Å². The van der Waals surface area contributed by atoms with Crippen LogP contribution in [0.15, 0.2) is 12.1 Å². The zero-order valence-corrected chi connectivity index (χ0v) is 12.2. The monoisotopic (exact) mass is 270 g/mol. The Kier molecular flexibility index (Phi) is 5.39. The summed E-state index contributed by atoms with van der Waals surface area (Å²) in [6.45, 7) is 2.18. The van der Waals surface area contributed by atoms with Crippen molar-refractivity contribution in [1.29, 1.82) is 0 Å². The molecular weight excluding hydrogens is 248 g/mol. The molecule has 0 saturated heterocycles.